The van der Waals surface area contributed by atoms with Crippen LogP contribution >= 0.6 is 0 Å². The van der Waals surface area contributed by atoms with Crippen LogP contribution in [-0.2, 0) is 11.3 Å². The van der Waals surface area contributed by atoms with Crippen LogP contribution < -0.4 is 4.74 Å². The van der Waals surface area contributed by atoms with E-state index in [9.17, 15) is 28.1 Å². The van der Waals surface area contributed by atoms with Gasteiger partial charge in [-0.15, -0.1) is 0 Å². The van der Waals surface area contributed by atoms with Gasteiger partial charge < -0.3 is 9.64 Å². The molecule has 1 amide bonds. The number of nitrogens with zero attached hydrogens (tertiary/aromatic N) is 2. The Hall–Kier alpha value is -2.32. The average molecular weight is 290 g/mol. The predicted octanol–water partition coefficient (Wildman–Crippen LogP) is 1.88. The lowest BCUT2D eigenvalue weighted by atomic mass is 10.1. The van der Waals surface area contributed by atoms with Gasteiger partial charge in [0, 0.05) is 17.7 Å². The molecule has 0 N–H and O–H groups in total. The zero-order valence-electron chi connectivity index (χ0n) is 10.0. The Balaban J connectivity index is 2.31. The van der Waals surface area contributed by atoms with Crippen LogP contribution in [0.2, 0.25) is 0 Å². The number of carbonyl (C=O) groups excluding carboxylic acids is 1. The molecule has 9 heteroatoms. The Bertz CT molecular complexity index is 559. The summed E-state index contributed by atoms with van der Waals surface area (Å²) in [6, 6.07) is 3.62. The van der Waals surface area contributed by atoms with Crippen molar-refractivity contribution in [3.63, 3.8) is 0 Å². The molecule has 0 aliphatic carbocycles. The van der Waals surface area contributed by atoms with Crippen molar-refractivity contribution in [3.8, 4) is 5.75 Å². The Morgan fingerprint density at radius 3 is 2.70 bits per heavy atom. The fourth-order valence-corrected chi connectivity index (χ4v) is 1.85. The molecular formula is C11H9F3N2O4. The molecule has 1 aliphatic heterocycles. The second kappa shape index (κ2) is 4.99. The molecule has 6 nitrogen and oxygen atoms in total. The van der Waals surface area contributed by atoms with E-state index in [1.807, 2.05) is 0 Å². The van der Waals surface area contributed by atoms with Gasteiger partial charge in [0.1, 0.15) is 12.4 Å². The molecule has 0 radical (unpaired) electrons. The molecule has 0 aromatic heterocycles. The number of halogens is 3. The fourth-order valence-electron chi connectivity index (χ4n) is 1.85. The first-order chi connectivity index (χ1) is 9.29. The molecule has 0 bridgehead atoms. The smallest absolute Gasteiger partial charge is 0.471 e. The number of non-ortho nitro benzene ring substituents is 1. The molecule has 0 spiro atoms. The maximum atomic E-state index is 12.4. The molecule has 0 saturated heterocycles. The van der Waals surface area contributed by atoms with Crippen LogP contribution in [0.3, 0.4) is 0 Å². The second-order valence-corrected chi connectivity index (χ2v) is 4.12. The molecule has 0 fully saturated rings. The largest absolute Gasteiger partial charge is 0.491 e. The molecule has 1 aromatic carbocycles. The molecule has 20 heavy (non-hydrogen) atoms. The van der Waals surface area contributed by atoms with Crippen molar-refractivity contribution in [2.45, 2.75) is 12.7 Å². The third-order valence-corrected chi connectivity index (χ3v) is 2.76. The van der Waals surface area contributed by atoms with Crippen molar-refractivity contribution in [2.24, 2.45) is 0 Å². The maximum absolute atomic E-state index is 12.4. The van der Waals surface area contributed by atoms with E-state index in [0.717, 1.165) is 6.07 Å². The van der Waals surface area contributed by atoms with E-state index in [4.69, 9.17) is 4.74 Å². The number of rotatable bonds is 1. The predicted molar refractivity (Wildman–Crippen MR) is 60.1 cm³/mol. The van der Waals surface area contributed by atoms with Gasteiger partial charge in [0.2, 0.25) is 0 Å². The molecular weight excluding hydrogens is 281 g/mol. The molecule has 0 saturated carbocycles. The van der Waals surface area contributed by atoms with E-state index in [-0.39, 0.29) is 36.7 Å². The van der Waals surface area contributed by atoms with Crippen molar-refractivity contribution >= 4 is 11.6 Å². The first kappa shape index (κ1) is 14.1. The quantitative estimate of drug-likeness (QED) is 0.584. The normalized spacial score (nSPS) is 15.1. The lowest BCUT2D eigenvalue weighted by molar-refractivity contribution is -0.384. The number of amides is 1. The number of carbonyl (C=O) groups is 1. The molecule has 2 rings (SSSR count). The van der Waals surface area contributed by atoms with Gasteiger partial charge in [-0.2, -0.15) is 13.2 Å². The SMILES string of the molecule is O=C(N1CCOc2ccc([N+](=O)[O-])cc2C1)C(F)(F)F. The van der Waals surface area contributed by atoms with Crippen molar-refractivity contribution in [1.29, 1.82) is 0 Å². The van der Waals surface area contributed by atoms with Crippen molar-refractivity contribution in [3.05, 3.63) is 33.9 Å². The molecule has 1 aromatic rings. The van der Waals surface area contributed by atoms with Gasteiger partial charge in [-0.1, -0.05) is 0 Å². The Morgan fingerprint density at radius 1 is 1.40 bits per heavy atom. The van der Waals surface area contributed by atoms with Gasteiger partial charge >= 0.3 is 12.1 Å². The van der Waals surface area contributed by atoms with E-state index in [1.165, 1.54) is 12.1 Å². The maximum Gasteiger partial charge on any atom is 0.471 e. The van der Waals surface area contributed by atoms with E-state index in [2.05, 4.69) is 0 Å². The van der Waals surface area contributed by atoms with E-state index < -0.39 is 17.0 Å². The lowest BCUT2D eigenvalue weighted by Gasteiger charge is -2.20. The Morgan fingerprint density at radius 2 is 2.10 bits per heavy atom. The van der Waals surface area contributed by atoms with Crippen molar-refractivity contribution < 1.29 is 27.6 Å². The summed E-state index contributed by atoms with van der Waals surface area (Å²) in [6.07, 6.45) is -4.98. The summed E-state index contributed by atoms with van der Waals surface area (Å²) < 4.78 is 42.4. The van der Waals surface area contributed by atoms with E-state index >= 15 is 0 Å². The molecule has 0 atom stereocenters. The average Bonchev–Trinajstić information content (AvgIpc) is 2.57. The third kappa shape index (κ3) is 2.81. The standard InChI is InChI=1S/C11H9F3N2O4/c12-11(13,14)10(17)15-3-4-20-9-2-1-8(16(18)19)5-7(9)6-15/h1-2,5H,3-4,6H2. The van der Waals surface area contributed by atoms with Gasteiger partial charge in [-0.25, -0.2) is 0 Å². The van der Waals surface area contributed by atoms with Crippen LogP contribution in [0.25, 0.3) is 0 Å². The summed E-state index contributed by atoms with van der Waals surface area (Å²) in [5, 5.41) is 10.7. The fraction of sp³-hybridized carbons (Fsp3) is 0.364. The number of hydrogen-bond acceptors (Lipinski definition) is 4. The van der Waals surface area contributed by atoms with Crippen LogP contribution in [0, 0.1) is 10.1 Å². The minimum atomic E-state index is -4.98. The van der Waals surface area contributed by atoms with Gasteiger partial charge in [0.15, 0.2) is 0 Å². The topological polar surface area (TPSA) is 72.7 Å². The van der Waals surface area contributed by atoms with Crippen LogP contribution in [0.4, 0.5) is 18.9 Å². The highest BCUT2D eigenvalue weighted by atomic mass is 19.4. The van der Waals surface area contributed by atoms with Crippen molar-refractivity contribution in [1.82, 2.24) is 4.90 Å². The number of alkyl halides is 3. The van der Waals surface area contributed by atoms with Gasteiger partial charge in [0.05, 0.1) is 18.0 Å². The Kier molecular flexibility index (Phi) is 3.51. The zero-order chi connectivity index (χ0) is 14.9. The number of nitro groups is 1. The van der Waals surface area contributed by atoms with Gasteiger partial charge in [-0.3, -0.25) is 14.9 Å². The summed E-state index contributed by atoms with van der Waals surface area (Å²) >= 11 is 0. The minimum absolute atomic E-state index is 0.105. The number of fused-ring (bicyclic) bond motifs is 1. The second-order valence-electron chi connectivity index (χ2n) is 4.12. The third-order valence-electron chi connectivity index (χ3n) is 2.76. The highest BCUT2D eigenvalue weighted by Crippen LogP contribution is 2.29. The summed E-state index contributed by atoms with van der Waals surface area (Å²) in [6.45, 7) is -0.719. The monoisotopic (exact) mass is 290 g/mol. The number of ether oxygens (including phenoxy) is 1. The highest BCUT2D eigenvalue weighted by Gasteiger charge is 2.43. The van der Waals surface area contributed by atoms with Crippen molar-refractivity contribution in [2.75, 3.05) is 13.2 Å². The first-order valence-corrected chi connectivity index (χ1v) is 5.55. The summed E-state index contributed by atoms with van der Waals surface area (Å²) in [5.41, 5.74) is -0.0945. The van der Waals surface area contributed by atoms with Crippen LogP contribution in [0.1, 0.15) is 5.56 Å². The highest BCUT2D eigenvalue weighted by molar-refractivity contribution is 5.82. The van der Waals surface area contributed by atoms with Crippen LogP contribution in [0.5, 0.6) is 5.75 Å². The first-order valence-electron chi connectivity index (χ1n) is 5.55. The zero-order valence-corrected chi connectivity index (χ0v) is 10.0. The minimum Gasteiger partial charge on any atom is -0.491 e. The summed E-state index contributed by atoms with van der Waals surface area (Å²) in [7, 11) is 0. The van der Waals surface area contributed by atoms with Gasteiger partial charge in [0.25, 0.3) is 5.69 Å². The van der Waals surface area contributed by atoms with Crippen LogP contribution in [0.15, 0.2) is 18.2 Å². The van der Waals surface area contributed by atoms with E-state index in [1.54, 1.807) is 0 Å². The lowest BCUT2D eigenvalue weighted by Crippen LogP contribution is -2.41. The number of nitro benzene ring substituents is 1. The van der Waals surface area contributed by atoms with Gasteiger partial charge in [-0.05, 0) is 6.07 Å². The summed E-state index contributed by atoms with van der Waals surface area (Å²) in [4.78, 5) is 21.8. The van der Waals surface area contributed by atoms with Crippen LogP contribution in [-0.4, -0.2) is 35.1 Å². The van der Waals surface area contributed by atoms with E-state index in [0.29, 0.717) is 4.90 Å². The Labute approximate surface area is 110 Å². The number of hydrogen-bond donors (Lipinski definition) is 0. The molecule has 1 aliphatic rings. The molecule has 1 heterocycles. The molecule has 0 unspecified atom stereocenters. The number of benzene rings is 1. The summed E-state index contributed by atoms with van der Waals surface area (Å²) in [5.74, 6) is -1.74. The molecule has 108 valence electrons.